The summed E-state index contributed by atoms with van der Waals surface area (Å²) in [5, 5.41) is 9.67. The predicted octanol–water partition coefficient (Wildman–Crippen LogP) is 3.20. The fraction of sp³-hybridized carbons (Fsp3) is 0.300. The third kappa shape index (κ3) is 2.85. The van der Waals surface area contributed by atoms with Crippen molar-refractivity contribution in [2.75, 3.05) is 16.5 Å². The molecule has 1 saturated heterocycles. The van der Waals surface area contributed by atoms with E-state index in [4.69, 9.17) is 4.74 Å². The van der Waals surface area contributed by atoms with Gasteiger partial charge in [-0.15, -0.1) is 0 Å². The highest BCUT2D eigenvalue weighted by atomic mass is 16.5. The Morgan fingerprint density at radius 2 is 1.63 bits per heavy atom. The molecule has 2 atom stereocenters. The van der Waals surface area contributed by atoms with E-state index in [2.05, 4.69) is 10.3 Å². The number of carbonyl (C=O) groups is 2. The van der Waals surface area contributed by atoms with Gasteiger partial charge in [-0.1, -0.05) is 11.3 Å². The number of ether oxygens (including phenoxy) is 1. The molecule has 0 bridgehead atoms. The number of hydrogen-bond donors (Lipinski definition) is 0. The normalized spacial score (nSPS) is 21.1. The number of carbonyl (C=O) groups excluding carboxylic acids is 2. The number of imide groups is 1. The molecular weight excluding hydrogens is 344 g/mol. The van der Waals surface area contributed by atoms with Crippen LogP contribution >= 0.6 is 0 Å². The topological polar surface area (TPSA) is 74.6 Å². The Kier molecular flexibility index (Phi) is 4.14. The lowest BCUT2D eigenvalue weighted by Crippen LogP contribution is -2.39. The van der Waals surface area contributed by atoms with Gasteiger partial charge in [-0.2, -0.15) is 5.11 Å². The summed E-state index contributed by atoms with van der Waals surface area (Å²) in [5.41, 5.74) is 3.26. The molecule has 7 heteroatoms. The van der Waals surface area contributed by atoms with E-state index in [1.165, 1.54) is 9.91 Å². The van der Waals surface area contributed by atoms with Gasteiger partial charge in [0.05, 0.1) is 18.0 Å². The Morgan fingerprint density at radius 3 is 2.26 bits per heavy atom. The minimum Gasteiger partial charge on any atom is -0.494 e. The van der Waals surface area contributed by atoms with Crippen LogP contribution in [0.3, 0.4) is 0 Å². The third-order valence-electron chi connectivity index (χ3n) is 4.66. The fourth-order valence-electron chi connectivity index (χ4n) is 3.57. The van der Waals surface area contributed by atoms with Crippen LogP contribution in [0.1, 0.15) is 18.1 Å². The summed E-state index contributed by atoms with van der Waals surface area (Å²) in [6, 6.07) is 11.3. The minimum atomic E-state index is -0.815. The van der Waals surface area contributed by atoms with Crippen LogP contribution in [0.4, 0.5) is 11.4 Å². The molecule has 2 aromatic carbocycles. The second-order valence-corrected chi connectivity index (χ2v) is 6.72. The standard InChI is InChI=1S/C20H20N4O3/c1-4-27-16-7-5-14(6-8-16)24-18-17(21-22-24)19(25)23(20(18)26)15-10-12(2)9-13(3)11-15/h5-11,17-18H,4H2,1-3H3/t17-,18+/m0/s1. The Labute approximate surface area is 157 Å². The van der Waals surface area contributed by atoms with Gasteiger partial charge < -0.3 is 4.74 Å². The van der Waals surface area contributed by atoms with Gasteiger partial charge in [-0.3, -0.25) is 9.59 Å². The van der Waals surface area contributed by atoms with Crippen LogP contribution in [0.15, 0.2) is 52.8 Å². The molecule has 4 rings (SSSR count). The highest BCUT2D eigenvalue weighted by molar-refractivity contribution is 6.26. The van der Waals surface area contributed by atoms with Crippen LogP contribution in [0.5, 0.6) is 5.75 Å². The molecule has 138 valence electrons. The molecule has 2 amide bonds. The molecule has 0 radical (unpaired) electrons. The average Bonchev–Trinajstić information content (AvgIpc) is 3.16. The quantitative estimate of drug-likeness (QED) is 0.781. The Hall–Kier alpha value is -3.22. The highest BCUT2D eigenvalue weighted by Gasteiger charge is 2.55. The van der Waals surface area contributed by atoms with Crippen molar-refractivity contribution in [2.45, 2.75) is 32.9 Å². The summed E-state index contributed by atoms with van der Waals surface area (Å²) in [6.45, 7) is 6.37. The third-order valence-corrected chi connectivity index (χ3v) is 4.66. The molecule has 2 heterocycles. The molecule has 2 aromatic rings. The first-order valence-electron chi connectivity index (χ1n) is 8.88. The second kappa shape index (κ2) is 6.50. The summed E-state index contributed by atoms with van der Waals surface area (Å²) in [6.07, 6.45) is 0. The number of anilines is 2. The van der Waals surface area contributed by atoms with Crippen molar-refractivity contribution in [1.29, 1.82) is 0 Å². The highest BCUT2D eigenvalue weighted by Crippen LogP contribution is 2.35. The zero-order valence-electron chi connectivity index (χ0n) is 15.4. The van der Waals surface area contributed by atoms with Crippen molar-refractivity contribution in [3.05, 3.63) is 53.6 Å². The number of benzene rings is 2. The van der Waals surface area contributed by atoms with Gasteiger partial charge in [0.15, 0.2) is 12.1 Å². The first-order chi connectivity index (χ1) is 13.0. The van der Waals surface area contributed by atoms with Crippen molar-refractivity contribution >= 4 is 23.2 Å². The van der Waals surface area contributed by atoms with Crippen molar-refractivity contribution < 1.29 is 14.3 Å². The Morgan fingerprint density at radius 1 is 0.963 bits per heavy atom. The molecule has 0 saturated carbocycles. The molecule has 2 aliphatic rings. The van der Waals surface area contributed by atoms with E-state index in [0.717, 1.165) is 16.9 Å². The number of aryl methyl sites for hydroxylation is 2. The average molecular weight is 364 g/mol. The molecule has 0 aromatic heterocycles. The van der Waals surface area contributed by atoms with Crippen LogP contribution in [-0.2, 0) is 9.59 Å². The number of hydrogen-bond acceptors (Lipinski definition) is 6. The lowest BCUT2D eigenvalue weighted by Gasteiger charge is -2.21. The molecule has 0 unspecified atom stereocenters. The van der Waals surface area contributed by atoms with Gasteiger partial charge in [0.1, 0.15) is 5.75 Å². The van der Waals surface area contributed by atoms with Crippen LogP contribution in [0.25, 0.3) is 0 Å². The molecule has 0 spiro atoms. The summed E-state index contributed by atoms with van der Waals surface area (Å²) in [5.74, 6) is 0.0840. The predicted molar refractivity (Wildman–Crippen MR) is 101 cm³/mol. The van der Waals surface area contributed by atoms with Crippen molar-refractivity contribution in [3.63, 3.8) is 0 Å². The monoisotopic (exact) mass is 364 g/mol. The number of nitrogens with zero attached hydrogens (tertiary/aromatic N) is 4. The largest absolute Gasteiger partial charge is 0.494 e. The van der Waals surface area contributed by atoms with Crippen LogP contribution in [0.2, 0.25) is 0 Å². The maximum atomic E-state index is 13.1. The fourth-order valence-corrected chi connectivity index (χ4v) is 3.57. The molecule has 27 heavy (non-hydrogen) atoms. The first-order valence-corrected chi connectivity index (χ1v) is 8.88. The van der Waals surface area contributed by atoms with Crippen molar-refractivity contribution in [3.8, 4) is 5.75 Å². The van der Waals surface area contributed by atoms with E-state index < -0.39 is 12.1 Å². The smallest absolute Gasteiger partial charge is 0.263 e. The number of rotatable bonds is 4. The molecule has 2 aliphatic heterocycles. The van der Waals surface area contributed by atoms with Crippen LogP contribution < -0.4 is 14.6 Å². The van der Waals surface area contributed by atoms with E-state index in [-0.39, 0.29) is 11.8 Å². The van der Waals surface area contributed by atoms with E-state index >= 15 is 0 Å². The maximum Gasteiger partial charge on any atom is 0.263 e. The van der Waals surface area contributed by atoms with Gasteiger partial charge in [0.25, 0.3) is 11.8 Å². The number of amides is 2. The Bertz CT molecular complexity index is 918. The summed E-state index contributed by atoms with van der Waals surface area (Å²) in [4.78, 5) is 27.2. The van der Waals surface area contributed by atoms with E-state index in [1.54, 1.807) is 0 Å². The summed E-state index contributed by atoms with van der Waals surface area (Å²) < 4.78 is 5.44. The second-order valence-electron chi connectivity index (χ2n) is 6.72. The zero-order valence-corrected chi connectivity index (χ0v) is 15.4. The van der Waals surface area contributed by atoms with E-state index in [9.17, 15) is 9.59 Å². The Balaban J connectivity index is 1.65. The van der Waals surface area contributed by atoms with Crippen molar-refractivity contribution in [1.82, 2.24) is 0 Å². The molecule has 7 nitrogen and oxygen atoms in total. The maximum absolute atomic E-state index is 13.1. The zero-order chi connectivity index (χ0) is 19.1. The van der Waals surface area contributed by atoms with E-state index in [0.29, 0.717) is 18.0 Å². The van der Waals surface area contributed by atoms with Gasteiger partial charge in [-0.05, 0) is 68.3 Å². The summed E-state index contributed by atoms with van der Waals surface area (Å²) in [7, 11) is 0. The van der Waals surface area contributed by atoms with Gasteiger partial charge in [-0.25, -0.2) is 9.91 Å². The van der Waals surface area contributed by atoms with Crippen LogP contribution in [-0.4, -0.2) is 30.5 Å². The first kappa shape index (κ1) is 17.2. The summed E-state index contributed by atoms with van der Waals surface area (Å²) >= 11 is 0. The SMILES string of the molecule is CCOc1ccc(N2N=N[C@@H]3C(=O)N(c4cc(C)cc(C)c4)C(=O)[C@@H]32)cc1. The minimum absolute atomic E-state index is 0.311. The molecule has 0 aliphatic carbocycles. The molecule has 0 N–H and O–H groups in total. The molecule has 1 fully saturated rings. The van der Waals surface area contributed by atoms with Crippen molar-refractivity contribution in [2.24, 2.45) is 10.3 Å². The number of fused-ring (bicyclic) bond motifs is 1. The lowest BCUT2D eigenvalue weighted by molar-refractivity contribution is -0.121. The van der Waals surface area contributed by atoms with Gasteiger partial charge in [0, 0.05) is 0 Å². The van der Waals surface area contributed by atoms with Gasteiger partial charge >= 0.3 is 0 Å². The molecular formula is C20H20N4O3. The van der Waals surface area contributed by atoms with E-state index in [1.807, 2.05) is 63.2 Å². The lowest BCUT2D eigenvalue weighted by atomic mass is 10.1. The van der Waals surface area contributed by atoms with Crippen LogP contribution in [0, 0.1) is 13.8 Å². The van der Waals surface area contributed by atoms with Gasteiger partial charge in [0.2, 0.25) is 0 Å².